The molecule has 1 aromatic carbocycles. The van der Waals surface area contributed by atoms with Crippen LogP contribution < -0.4 is 10.1 Å². The number of ether oxygens (including phenoxy) is 2. The van der Waals surface area contributed by atoms with Gasteiger partial charge in [-0.25, -0.2) is 0 Å². The van der Waals surface area contributed by atoms with Crippen molar-refractivity contribution in [3.05, 3.63) is 23.8 Å². The Balaban J connectivity index is 2.13. The third kappa shape index (κ3) is 4.61. The van der Waals surface area contributed by atoms with Gasteiger partial charge in [-0.1, -0.05) is 6.07 Å². The van der Waals surface area contributed by atoms with Crippen LogP contribution in [0.1, 0.15) is 32.3 Å². The summed E-state index contributed by atoms with van der Waals surface area (Å²) in [4.78, 5) is 2.17. The first kappa shape index (κ1) is 16.1. The molecule has 0 spiro atoms. The average molecular weight is 292 g/mol. The van der Waals surface area contributed by atoms with E-state index < -0.39 is 0 Å². The molecular weight excluding hydrogens is 264 g/mol. The molecule has 4 heteroatoms. The molecule has 1 heterocycles. The van der Waals surface area contributed by atoms with Crippen molar-refractivity contribution in [2.24, 2.45) is 0 Å². The van der Waals surface area contributed by atoms with Gasteiger partial charge in [-0.15, -0.1) is 0 Å². The van der Waals surface area contributed by atoms with Crippen LogP contribution in [0.5, 0.6) is 5.75 Å². The van der Waals surface area contributed by atoms with E-state index in [2.05, 4.69) is 50.3 Å². The summed E-state index contributed by atoms with van der Waals surface area (Å²) in [6, 6.07) is 6.79. The van der Waals surface area contributed by atoms with Crippen LogP contribution in [-0.2, 0) is 11.3 Å². The van der Waals surface area contributed by atoms with Gasteiger partial charge in [-0.2, -0.15) is 0 Å². The van der Waals surface area contributed by atoms with Crippen molar-refractivity contribution in [2.75, 3.05) is 33.1 Å². The molecule has 1 atom stereocenters. The van der Waals surface area contributed by atoms with E-state index in [4.69, 9.17) is 9.47 Å². The summed E-state index contributed by atoms with van der Waals surface area (Å²) in [5.41, 5.74) is 2.32. The minimum atomic E-state index is -0.0512. The smallest absolute Gasteiger partial charge is 0.141 e. The number of nitrogens with one attached hydrogen (secondary N) is 1. The summed E-state index contributed by atoms with van der Waals surface area (Å²) in [5.74, 6) is 0.904. The normalized spacial score (nSPS) is 21.3. The minimum absolute atomic E-state index is 0.0512. The Labute approximate surface area is 128 Å². The first-order valence-electron chi connectivity index (χ1n) is 7.62. The van der Waals surface area contributed by atoms with E-state index in [-0.39, 0.29) is 5.60 Å². The molecule has 1 unspecified atom stereocenters. The fourth-order valence-electron chi connectivity index (χ4n) is 2.91. The van der Waals surface area contributed by atoms with Crippen molar-refractivity contribution in [3.63, 3.8) is 0 Å². The van der Waals surface area contributed by atoms with Crippen molar-refractivity contribution >= 4 is 5.69 Å². The molecule has 1 saturated heterocycles. The Kier molecular flexibility index (Phi) is 5.12. The average Bonchev–Trinajstić information content (AvgIpc) is 2.37. The molecule has 0 aromatic heterocycles. The fourth-order valence-corrected chi connectivity index (χ4v) is 2.91. The molecule has 0 amide bonds. The summed E-state index contributed by atoms with van der Waals surface area (Å²) in [6.45, 7) is 6.05. The lowest BCUT2D eigenvalue weighted by molar-refractivity contribution is -0.0553. The molecule has 118 valence electrons. The molecule has 1 aliphatic heterocycles. The summed E-state index contributed by atoms with van der Waals surface area (Å²) in [5, 5.41) is 3.65. The number of rotatable bonds is 5. The van der Waals surface area contributed by atoms with E-state index in [1.54, 1.807) is 7.11 Å². The van der Waals surface area contributed by atoms with Crippen LogP contribution in [0.25, 0.3) is 0 Å². The van der Waals surface area contributed by atoms with Crippen LogP contribution in [0, 0.1) is 0 Å². The van der Waals surface area contributed by atoms with Gasteiger partial charge >= 0.3 is 0 Å². The lowest BCUT2D eigenvalue weighted by atomic mass is 9.93. The molecule has 0 saturated carbocycles. The van der Waals surface area contributed by atoms with Gasteiger partial charge in [0.2, 0.25) is 0 Å². The number of hydrogen-bond acceptors (Lipinski definition) is 4. The Morgan fingerprint density at radius 3 is 2.76 bits per heavy atom. The molecule has 0 bridgehead atoms. The molecule has 1 aliphatic rings. The molecule has 1 fully saturated rings. The zero-order chi connectivity index (χ0) is 15.5. The second kappa shape index (κ2) is 6.67. The Hall–Kier alpha value is -1.26. The third-order valence-electron chi connectivity index (χ3n) is 3.82. The Morgan fingerprint density at radius 2 is 2.14 bits per heavy atom. The summed E-state index contributed by atoms with van der Waals surface area (Å²) < 4.78 is 11.3. The van der Waals surface area contributed by atoms with Gasteiger partial charge in [0.25, 0.3) is 0 Å². The zero-order valence-electron chi connectivity index (χ0n) is 13.9. The largest absolute Gasteiger partial charge is 0.495 e. The van der Waals surface area contributed by atoms with Gasteiger partial charge in [-0.05, 0) is 58.5 Å². The zero-order valence-corrected chi connectivity index (χ0v) is 13.9. The number of nitrogens with zero attached hydrogens (tertiary/aromatic N) is 1. The molecule has 1 N–H and O–H groups in total. The topological polar surface area (TPSA) is 33.7 Å². The maximum Gasteiger partial charge on any atom is 0.141 e. The predicted octanol–water partition coefficient (Wildman–Crippen LogP) is 3.13. The first-order chi connectivity index (χ1) is 9.89. The summed E-state index contributed by atoms with van der Waals surface area (Å²) in [7, 11) is 5.89. The van der Waals surface area contributed by atoms with Crippen molar-refractivity contribution in [1.29, 1.82) is 0 Å². The van der Waals surface area contributed by atoms with E-state index in [1.165, 1.54) is 5.56 Å². The van der Waals surface area contributed by atoms with E-state index >= 15 is 0 Å². The van der Waals surface area contributed by atoms with Crippen LogP contribution in [0.4, 0.5) is 5.69 Å². The minimum Gasteiger partial charge on any atom is -0.495 e. The van der Waals surface area contributed by atoms with E-state index in [0.717, 1.165) is 37.4 Å². The van der Waals surface area contributed by atoms with E-state index in [9.17, 15) is 0 Å². The van der Waals surface area contributed by atoms with Crippen molar-refractivity contribution in [3.8, 4) is 5.75 Å². The van der Waals surface area contributed by atoms with E-state index in [0.29, 0.717) is 6.04 Å². The van der Waals surface area contributed by atoms with Crippen molar-refractivity contribution < 1.29 is 9.47 Å². The van der Waals surface area contributed by atoms with Crippen LogP contribution in [0.15, 0.2) is 18.2 Å². The summed E-state index contributed by atoms with van der Waals surface area (Å²) >= 11 is 0. The van der Waals surface area contributed by atoms with Gasteiger partial charge < -0.3 is 19.7 Å². The highest BCUT2D eigenvalue weighted by atomic mass is 16.5. The number of anilines is 1. The van der Waals surface area contributed by atoms with Crippen LogP contribution in [0.3, 0.4) is 0 Å². The monoisotopic (exact) mass is 292 g/mol. The van der Waals surface area contributed by atoms with Crippen molar-refractivity contribution in [2.45, 2.75) is 44.9 Å². The Morgan fingerprint density at radius 1 is 1.38 bits per heavy atom. The molecule has 0 aliphatic carbocycles. The van der Waals surface area contributed by atoms with Crippen molar-refractivity contribution in [1.82, 2.24) is 4.90 Å². The van der Waals surface area contributed by atoms with Crippen LogP contribution >= 0.6 is 0 Å². The second-order valence-corrected chi connectivity index (χ2v) is 6.71. The van der Waals surface area contributed by atoms with Gasteiger partial charge in [-0.3, -0.25) is 0 Å². The van der Waals surface area contributed by atoms with E-state index in [1.807, 2.05) is 6.07 Å². The molecule has 21 heavy (non-hydrogen) atoms. The number of benzene rings is 1. The van der Waals surface area contributed by atoms with Gasteiger partial charge in [0.05, 0.1) is 18.4 Å². The molecular formula is C17H28N2O2. The lowest BCUT2D eigenvalue weighted by Gasteiger charge is -2.36. The predicted molar refractivity (Wildman–Crippen MR) is 87.1 cm³/mol. The molecule has 0 radical (unpaired) electrons. The highest BCUT2D eigenvalue weighted by Crippen LogP contribution is 2.31. The summed E-state index contributed by atoms with van der Waals surface area (Å²) in [6.07, 6.45) is 2.04. The Bertz CT molecular complexity index is 472. The first-order valence-corrected chi connectivity index (χ1v) is 7.62. The fraction of sp³-hybridized carbons (Fsp3) is 0.647. The van der Waals surface area contributed by atoms with Crippen LogP contribution in [0.2, 0.25) is 0 Å². The third-order valence-corrected chi connectivity index (χ3v) is 3.82. The molecule has 4 nitrogen and oxygen atoms in total. The lowest BCUT2D eigenvalue weighted by Crippen LogP contribution is -2.40. The molecule has 2 rings (SSSR count). The van der Waals surface area contributed by atoms with Gasteiger partial charge in [0, 0.05) is 19.2 Å². The standard InChI is InChI=1S/C17H28N2O2/c1-17(2)11-14(8-9-21-17)18-15-10-13(12-19(3)4)6-7-16(15)20-5/h6-7,10,14,18H,8-9,11-12H2,1-5H3. The highest BCUT2D eigenvalue weighted by molar-refractivity contribution is 5.58. The second-order valence-electron chi connectivity index (χ2n) is 6.71. The van der Waals surface area contributed by atoms with Crippen LogP contribution in [-0.4, -0.2) is 44.4 Å². The number of methoxy groups -OCH3 is 1. The highest BCUT2D eigenvalue weighted by Gasteiger charge is 2.29. The van der Waals surface area contributed by atoms with Gasteiger partial charge in [0.15, 0.2) is 0 Å². The molecule has 1 aromatic rings. The number of hydrogen-bond donors (Lipinski definition) is 1. The maximum absolute atomic E-state index is 5.79. The SMILES string of the molecule is COc1ccc(CN(C)C)cc1NC1CCOC(C)(C)C1. The maximum atomic E-state index is 5.79. The quantitative estimate of drug-likeness (QED) is 0.904. The van der Waals surface area contributed by atoms with Gasteiger partial charge in [0.1, 0.15) is 5.75 Å².